The van der Waals surface area contributed by atoms with Gasteiger partial charge in [0.25, 0.3) is 11.5 Å². The van der Waals surface area contributed by atoms with Crippen molar-refractivity contribution in [1.82, 2.24) is 9.47 Å². The molecule has 1 amide bonds. The maximum absolute atomic E-state index is 13.4. The third-order valence-corrected chi connectivity index (χ3v) is 8.21. The zero-order valence-electron chi connectivity index (χ0n) is 20.9. The van der Waals surface area contributed by atoms with Gasteiger partial charge in [-0.2, -0.15) is 5.26 Å². The number of thiocarbonyl (C=S) groups is 1. The van der Waals surface area contributed by atoms with Gasteiger partial charge in [-0.15, -0.1) is 0 Å². The van der Waals surface area contributed by atoms with Crippen molar-refractivity contribution in [3.63, 3.8) is 0 Å². The number of pyridine rings is 1. The average Bonchev–Trinajstić information content (AvgIpc) is 3.44. The molecule has 0 spiro atoms. The van der Waals surface area contributed by atoms with Crippen molar-refractivity contribution in [2.24, 2.45) is 5.92 Å². The van der Waals surface area contributed by atoms with E-state index in [0.29, 0.717) is 33.8 Å². The van der Waals surface area contributed by atoms with E-state index in [0.717, 1.165) is 69.4 Å². The number of rotatable bonds is 10. The predicted molar refractivity (Wildman–Crippen MR) is 145 cm³/mol. The van der Waals surface area contributed by atoms with Gasteiger partial charge < -0.3 is 4.90 Å². The molecule has 0 aliphatic carbocycles. The van der Waals surface area contributed by atoms with Crippen LogP contribution in [0.2, 0.25) is 0 Å². The van der Waals surface area contributed by atoms with Gasteiger partial charge in [0.05, 0.1) is 4.91 Å². The molecule has 0 N–H and O–H groups in total. The van der Waals surface area contributed by atoms with E-state index >= 15 is 0 Å². The fourth-order valence-electron chi connectivity index (χ4n) is 4.81. The van der Waals surface area contributed by atoms with Crippen LogP contribution in [-0.2, 0) is 11.3 Å². The summed E-state index contributed by atoms with van der Waals surface area (Å²) in [7, 11) is 0. The summed E-state index contributed by atoms with van der Waals surface area (Å²) in [4.78, 5) is 31.2. The lowest BCUT2D eigenvalue weighted by molar-refractivity contribution is -0.122. The Bertz CT molecular complexity index is 1060. The van der Waals surface area contributed by atoms with Gasteiger partial charge in [-0.1, -0.05) is 64.0 Å². The number of carbonyl (C=O) groups excluding carboxylic acids is 1. The highest BCUT2D eigenvalue weighted by Gasteiger charge is 2.34. The van der Waals surface area contributed by atoms with Crippen LogP contribution in [0.25, 0.3) is 6.08 Å². The zero-order valence-corrected chi connectivity index (χ0v) is 22.5. The molecule has 3 heterocycles. The summed E-state index contributed by atoms with van der Waals surface area (Å²) in [5.74, 6) is 1.20. The molecule has 1 aromatic heterocycles. The van der Waals surface area contributed by atoms with Crippen LogP contribution in [0.15, 0.2) is 9.70 Å². The molecule has 1 unspecified atom stereocenters. The molecule has 6 nitrogen and oxygen atoms in total. The minimum absolute atomic E-state index is 0.0662. The van der Waals surface area contributed by atoms with E-state index in [9.17, 15) is 14.9 Å². The molecule has 0 aromatic carbocycles. The van der Waals surface area contributed by atoms with Gasteiger partial charge in [0, 0.05) is 31.7 Å². The monoisotopic (exact) mass is 500 g/mol. The zero-order chi connectivity index (χ0) is 24.8. The number of carbonyl (C=O) groups is 1. The van der Waals surface area contributed by atoms with E-state index in [1.807, 2.05) is 19.9 Å². The van der Waals surface area contributed by atoms with Gasteiger partial charge in [0.2, 0.25) is 0 Å². The van der Waals surface area contributed by atoms with Crippen LogP contribution in [0.3, 0.4) is 0 Å². The standard InChI is InChI=1S/C26H36N4O2S2/c1-5-8-11-19(7-3)17-30-25(32)22(34-26(30)33)15-20-18(4)21(16-27)24(31)29(12-6-2)23(20)28-13-9-10-14-28/h15,19H,5-14,17H2,1-4H3/b22-15+. The number of unbranched alkanes of at least 4 members (excludes halogenated alkanes) is 1. The number of hydrogen-bond acceptors (Lipinski definition) is 6. The second-order valence-electron chi connectivity index (χ2n) is 9.21. The van der Waals surface area contributed by atoms with Gasteiger partial charge in [0.15, 0.2) is 0 Å². The van der Waals surface area contributed by atoms with Crippen molar-refractivity contribution in [2.75, 3.05) is 24.5 Å². The smallest absolute Gasteiger partial charge is 0.270 e. The number of thioether (sulfide) groups is 1. The number of hydrogen-bond donors (Lipinski definition) is 0. The quantitative estimate of drug-likeness (QED) is 0.314. The number of amides is 1. The van der Waals surface area contributed by atoms with E-state index in [4.69, 9.17) is 12.2 Å². The third-order valence-electron chi connectivity index (χ3n) is 6.83. The summed E-state index contributed by atoms with van der Waals surface area (Å²) in [6.45, 7) is 11.1. The van der Waals surface area contributed by atoms with Crippen LogP contribution in [-0.4, -0.2) is 39.3 Å². The molecule has 0 bridgehead atoms. The number of nitriles is 1. The Morgan fingerprint density at radius 1 is 1.18 bits per heavy atom. The Hall–Kier alpha value is -2.11. The molecule has 8 heteroatoms. The fourth-order valence-corrected chi connectivity index (χ4v) is 6.07. The van der Waals surface area contributed by atoms with Crippen LogP contribution in [0.1, 0.15) is 82.4 Å². The molecule has 2 fully saturated rings. The van der Waals surface area contributed by atoms with E-state index in [-0.39, 0.29) is 17.0 Å². The molecular formula is C26H36N4O2S2. The van der Waals surface area contributed by atoms with E-state index in [1.165, 1.54) is 11.8 Å². The topological polar surface area (TPSA) is 69.3 Å². The van der Waals surface area contributed by atoms with Crippen molar-refractivity contribution < 1.29 is 4.79 Å². The largest absolute Gasteiger partial charge is 0.357 e. The van der Waals surface area contributed by atoms with Crippen LogP contribution < -0.4 is 10.5 Å². The van der Waals surface area contributed by atoms with E-state index < -0.39 is 0 Å². The Kier molecular flexibility index (Phi) is 9.38. The van der Waals surface area contributed by atoms with Gasteiger partial charge in [0.1, 0.15) is 21.8 Å². The molecule has 3 rings (SSSR count). The summed E-state index contributed by atoms with van der Waals surface area (Å²) in [6, 6.07) is 2.12. The summed E-state index contributed by atoms with van der Waals surface area (Å²) in [6.07, 6.45) is 9.19. The number of aromatic nitrogens is 1. The molecular weight excluding hydrogens is 464 g/mol. The Morgan fingerprint density at radius 2 is 1.88 bits per heavy atom. The second-order valence-corrected chi connectivity index (χ2v) is 10.9. The lowest BCUT2D eigenvalue weighted by atomic mass is 9.99. The van der Waals surface area contributed by atoms with Crippen LogP contribution in [0.5, 0.6) is 0 Å². The Balaban J connectivity index is 2.07. The van der Waals surface area contributed by atoms with Crippen LogP contribution in [0, 0.1) is 24.2 Å². The first-order valence-corrected chi connectivity index (χ1v) is 13.8. The second kappa shape index (κ2) is 12.0. The first kappa shape index (κ1) is 26.5. The first-order chi connectivity index (χ1) is 16.4. The van der Waals surface area contributed by atoms with Crippen molar-refractivity contribution in [1.29, 1.82) is 5.26 Å². The molecule has 2 saturated heterocycles. The maximum atomic E-state index is 13.4. The summed E-state index contributed by atoms with van der Waals surface area (Å²) < 4.78 is 2.33. The third kappa shape index (κ3) is 5.41. The molecule has 1 atom stereocenters. The maximum Gasteiger partial charge on any atom is 0.270 e. The molecule has 2 aliphatic rings. The Labute approximate surface area is 213 Å². The van der Waals surface area contributed by atoms with Gasteiger partial charge in [-0.25, -0.2) is 0 Å². The Morgan fingerprint density at radius 3 is 2.47 bits per heavy atom. The van der Waals surface area contributed by atoms with Crippen molar-refractivity contribution in [2.45, 2.75) is 79.2 Å². The molecule has 0 radical (unpaired) electrons. The average molecular weight is 501 g/mol. The molecule has 34 heavy (non-hydrogen) atoms. The fraction of sp³-hybridized carbons (Fsp3) is 0.615. The highest BCUT2D eigenvalue weighted by molar-refractivity contribution is 8.26. The highest BCUT2D eigenvalue weighted by Crippen LogP contribution is 2.37. The van der Waals surface area contributed by atoms with Crippen LogP contribution >= 0.6 is 24.0 Å². The molecule has 184 valence electrons. The minimum atomic E-state index is -0.241. The first-order valence-electron chi connectivity index (χ1n) is 12.6. The van der Waals surface area contributed by atoms with Crippen molar-refractivity contribution in [3.8, 4) is 6.07 Å². The SMILES string of the molecule is CCCCC(CC)CN1C(=O)/C(=C\c2c(C)c(C#N)c(=O)n(CCC)c2N2CCCC2)SC1=S. The van der Waals surface area contributed by atoms with Gasteiger partial charge in [-0.3, -0.25) is 19.1 Å². The molecule has 2 aliphatic heterocycles. The van der Waals surface area contributed by atoms with E-state index in [2.05, 4.69) is 24.8 Å². The summed E-state index contributed by atoms with van der Waals surface area (Å²) in [5, 5.41) is 9.77. The number of nitrogens with zero attached hydrogens (tertiary/aromatic N) is 4. The lowest BCUT2D eigenvalue weighted by Crippen LogP contribution is -2.34. The summed E-state index contributed by atoms with van der Waals surface area (Å²) in [5.41, 5.74) is 1.35. The van der Waals surface area contributed by atoms with Crippen LogP contribution in [0.4, 0.5) is 5.82 Å². The minimum Gasteiger partial charge on any atom is -0.357 e. The van der Waals surface area contributed by atoms with Crippen molar-refractivity contribution in [3.05, 3.63) is 31.9 Å². The lowest BCUT2D eigenvalue weighted by Gasteiger charge is -2.26. The predicted octanol–water partition coefficient (Wildman–Crippen LogP) is 5.46. The van der Waals surface area contributed by atoms with E-state index in [1.54, 1.807) is 9.47 Å². The molecule has 0 saturated carbocycles. The number of anilines is 1. The van der Waals surface area contributed by atoms with Crippen molar-refractivity contribution >= 4 is 46.1 Å². The molecule has 1 aromatic rings. The highest BCUT2D eigenvalue weighted by atomic mass is 32.2. The van der Waals surface area contributed by atoms with Gasteiger partial charge >= 0.3 is 0 Å². The summed E-state index contributed by atoms with van der Waals surface area (Å²) >= 11 is 6.94. The van der Waals surface area contributed by atoms with Gasteiger partial charge in [-0.05, 0) is 50.2 Å². The normalized spacial score (nSPS) is 18.3.